The van der Waals surface area contributed by atoms with Crippen molar-refractivity contribution < 1.29 is 4.79 Å². The zero-order chi connectivity index (χ0) is 20.9. The van der Waals surface area contributed by atoms with Crippen LogP contribution in [0.3, 0.4) is 0 Å². The van der Waals surface area contributed by atoms with Crippen LogP contribution in [-0.4, -0.2) is 26.4 Å². The molecule has 1 amide bonds. The molecule has 0 saturated heterocycles. The maximum atomic E-state index is 12.5. The van der Waals surface area contributed by atoms with E-state index in [4.69, 9.17) is 0 Å². The van der Waals surface area contributed by atoms with E-state index in [9.17, 15) is 4.79 Å². The molecule has 0 fully saturated rings. The minimum Gasteiger partial charge on any atom is -0.325 e. The third-order valence-electron chi connectivity index (χ3n) is 4.22. The largest absolute Gasteiger partial charge is 0.325 e. The van der Waals surface area contributed by atoms with Gasteiger partial charge in [-0.15, -0.1) is 10.2 Å². The maximum Gasteiger partial charge on any atom is 0.234 e. The van der Waals surface area contributed by atoms with Crippen LogP contribution in [0.1, 0.15) is 0 Å². The summed E-state index contributed by atoms with van der Waals surface area (Å²) in [6.45, 7) is 0. The van der Waals surface area contributed by atoms with Gasteiger partial charge in [0.2, 0.25) is 5.91 Å². The fourth-order valence-electron chi connectivity index (χ4n) is 2.85. The van der Waals surface area contributed by atoms with E-state index in [-0.39, 0.29) is 11.7 Å². The van der Waals surface area contributed by atoms with Gasteiger partial charge in [0.1, 0.15) is 0 Å². The molecular formula is C22H16BrIN4OS. The Bertz CT molecular complexity index is 1170. The zero-order valence-corrected chi connectivity index (χ0v) is 20.2. The van der Waals surface area contributed by atoms with Crippen molar-refractivity contribution >= 4 is 61.9 Å². The van der Waals surface area contributed by atoms with Crippen molar-refractivity contribution in [1.82, 2.24) is 14.8 Å². The second-order valence-electron chi connectivity index (χ2n) is 6.30. The third-order valence-corrected chi connectivity index (χ3v) is 6.56. The number of aromatic nitrogens is 3. The molecule has 1 N–H and O–H groups in total. The molecule has 1 aromatic heterocycles. The minimum atomic E-state index is -0.0914. The first-order valence-electron chi connectivity index (χ1n) is 9.06. The molecule has 8 heteroatoms. The Balaban J connectivity index is 1.59. The average molecular weight is 591 g/mol. The summed E-state index contributed by atoms with van der Waals surface area (Å²) >= 11 is 7.19. The summed E-state index contributed by atoms with van der Waals surface area (Å²) in [7, 11) is 0. The number of para-hydroxylation sites is 1. The molecule has 3 aromatic carbocycles. The highest BCUT2D eigenvalue weighted by Crippen LogP contribution is 2.32. The molecule has 0 unspecified atom stereocenters. The highest BCUT2D eigenvalue weighted by atomic mass is 127. The number of hydrogen-bond acceptors (Lipinski definition) is 4. The number of amides is 1. The van der Waals surface area contributed by atoms with Crippen LogP contribution in [0.5, 0.6) is 0 Å². The first-order valence-corrected chi connectivity index (χ1v) is 11.9. The maximum absolute atomic E-state index is 12.5. The molecule has 0 radical (unpaired) electrons. The number of benzene rings is 3. The quantitative estimate of drug-likeness (QED) is 0.220. The fourth-order valence-corrected chi connectivity index (χ4v) is 4.42. The summed E-state index contributed by atoms with van der Waals surface area (Å²) in [6.07, 6.45) is 0. The Morgan fingerprint density at radius 3 is 2.40 bits per heavy atom. The van der Waals surface area contributed by atoms with E-state index in [0.29, 0.717) is 11.0 Å². The molecule has 0 bridgehead atoms. The molecule has 30 heavy (non-hydrogen) atoms. The average Bonchev–Trinajstić information content (AvgIpc) is 3.18. The number of hydrogen-bond donors (Lipinski definition) is 1. The Hall–Kier alpha value is -2.17. The summed E-state index contributed by atoms with van der Waals surface area (Å²) in [4.78, 5) is 12.5. The van der Waals surface area contributed by atoms with Crippen LogP contribution in [0.2, 0.25) is 0 Å². The topological polar surface area (TPSA) is 59.8 Å². The molecule has 1 heterocycles. The van der Waals surface area contributed by atoms with Gasteiger partial charge in [-0.1, -0.05) is 64.1 Å². The molecule has 0 saturated carbocycles. The van der Waals surface area contributed by atoms with E-state index in [1.165, 1.54) is 11.8 Å². The van der Waals surface area contributed by atoms with E-state index < -0.39 is 0 Å². The number of halogens is 2. The van der Waals surface area contributed by atoms with E-state index >= 15 is 0 Å². The number of carbonyl (C=O) groups excluding carboxylic acids is 1. The smallest absolute Gasteiger partial charge is 0.234 e. The summed E-state index contributed by atoms with van der Waals surface area (Å²) in [5.74, 6) is 0.855. The summed E-state index contributed by atoms with van der Waals surface area (Å²) in [6, 6.07) is 25.5. The standard InChI is InChI=1S/C22H16BrIN4OS/c23-19-9-5-4-8-18(19)21-26-27-22(28(21)17-6-2-1-3-7-17)30-14-20(29)25-16-12-10-15(24)11-13-16/h1-13H,14H2,(H,25,29). The first kappa shape index (κ1) is 21.1. The van der Waals surface area contributed by atoms with Crippen LogP contribution in [0, 0.1) is 3.57 Å². The molecule has 4 aromatic rings. The van der Waals surface area contributed by atoms with Crippen molar-refractivity contribution in [3.05, 3.63) is 86.9 Å². The lowest BCUT2D eigenvalue weighted by molar-refractivity contribution is -0.113. The first-order chi connectivity index (χ1) is 14.6. The van der Waals surface area contributed by atoms with Gasteiger partial charge in [0.15, 0.2) is 11.0 Å². The van der Waals surface area contributed by atoms with Crippen molar-refractivity contribution in [1.29, 1.82) is 0 Å². The van der Waals surface area contributed by atoms with Crippen LogP contribution >= 0.6 is 50.3 Å². The molecule has 0 aliphatic carbocycles. The number of nitrogens with one attached hydrogen (secondary N) is 1. The van der Waals surface area contributed by atoms with Crippen LogP contribution in [0.15, 0.2) is 88.5 Å². The van der Waals surface area contributed by atoms with Crippen LogP contribution in [0.4, 0.5) is 5.69 Å². The van der Waals surface area contributed by atoms with E-state index in [0.717, 1.165) is 25.0 Å². The SMILES string of the molecule is O=C(CSc1nnc(-c2ccccc2Br)n1-c1ccccc1)Nc1ccc(I)cc1. The zero-order valence-electron chi connectivity index (χ0n) is 15.6. The fraction of sp³-hybridized carbons (Fsp3) is 0.0455. The van der Waals surface area contributed by atoms with Crippen molar-refractivity contribution in [2.45, 2.75) is 5.16 Å². The lowest BCUT2D eigenvalue weighted by Gasteiger charge is -2.11. The number of rotatable bonds is 6. The predicted octanol–water partition coefficient (Wildman–Crippen LogP) is 6.03. The molecule has 0 spiro atoms. The number of thioether (sulfide) groups is 1. The van der Waals surface area contributed by atoms with Gasteiger partial charge in [-0.3, -0.25) is 9.36 Å². The lowest BCUT2D eigenvalue weighted by atomic mass is 10.2. The molecule has 5 nitrogen and oxygen atoms in total. The van der Waals surface area contributed by atoms with Crippen molar-refractivity contribution in [2.75, 3.05) is 11.1 Å². The Morgan fingerprint density at radius 1 is 0.967 bits per heavy atom. The Labute approximate surface area is 200 Å². The van der Waals surface area contributed by atoms with Gasteiger partial charge in [-0.05, 0) is 65.1 Å². The van der Waals surface area contributed by atoms with E-state index in [2.05, 4.69) is 54.0 Å². The van der Waals surface area contributed by atoms with Gasteiger partial charge in [0.25, 0.3) is 0 Å². The summed E-state index contributed by atoms with van der Waals surface area (Å²) in [5, 5.41) is 12.4. The molecular weight excluding hydrogens is 575 g/mol. The van der Waals surface area contributed by atoms with Gasteiger partial charge >= 0.3 is 0 Å². The highest BCUT2D eigenvalue weighted by molar-refractivity contribution is 14.1. The van der Waals surface area contributed by atoms with Gasteiger partial charge in [-0.2, -0.15) is 0 Å². The molecule has 4 rings (SSSR count). The van der Waals surface area contributed by atoms with E-state index in [1.807, 2.05) is 83.4 Å². The van der Waals surface area contributed by atoms with Crippen molar-refractivity contribution in [2.24, 2.45) is 0 Å². The predicted molar refractivity (Wildman–Crippen MR) is 133 cm³/mol. The molecule has 0 aliphatic rings. The monoisotopic (exact) mass is 590 g/mol. The third kappa shape index (κ3) is 4.93. The van der Waals surface area contributed by atoms with Gasteiger partial charge in [-0.25, -0.2) is 0 Å². The van der Waals surface area contributed by atoms with Gasteiger partial charge < -0.3 is 5.32 Å². The van der Waals surface area contributed by atoms with Crippen molar-refractivity contribution in [3.8, 4) is 17.1 Å². The van der Waals surface area contributed by atoms with Crippen LogP contribution < -0.4 is 5.32 Å². The second kappa shape index (κ2) is 9.76. The van der Waals surface area contributed by atoms with Gasteiger partial charge in [0, 0.05) is 25.0 Å². The number of carbonyl (C=O) groups is 1. The van der Waals surface area contributed by atoms with E-state index in [1.54, 1.807) is 0 Å². The van der Waals surface area contributed by atoms with Crippen LogP contribution in [0.25, 0.3) is 17.1 Å². The minimum absolute atomic E-state index is 0.0914. The summed E-state index contributed by atoms with van der Waals surface area (Å²) in [5.41, 5.74) is 2.65. The highest BCUT2D eigenvalue weighted by Gasteiger charge is 2.18. The van der Waals surface area contributed by atoms with Crippen LogP contribution in [-0.2, 0) is 4.79 Å². The lowest BCUT2D eigenvalue weighted by Crippen LogP contribution is -2.14. The normalized spacial score (nSPS) is 10.7. The second-order valence-corrected chi connectivity index (χ2v) is 9.34. The Morgan fingerprint density at radius 2 is 1.67 bits per heavy atom. The number of nitrogens with zero attached hydrogens (tertiary/aromatic N) is 3. The molecule has 0 atom stereocenters. The Kier molecular flexibility index (Phi) is 6.86. The van der Waals surface area contributed by atoms with Crippen molar-refractivity contribution in [3.63, 3.8) is 0 Å². The summed E-state index contributed by atoms with van der Waals surface area (Å²) < 4.78 is 4.03. The van der Waals surface area contributed by atoms with Gasteiger partial charge in [0.05, 0.1) is 5.75 Å². The molecule has 150 valence electrons. The molecule has 0 aliphatic heterocycles. The number of anilines is 1.